The number of hydrogen-bond donors (Lipinski definition) is 2. The molecule has 144 valence electrons. The van der Waals surface area contributed by atoms with Crippen LogP contribution in [0.25, 0.3) is 0 Å². The van der Waals surface area contributed by atoms with Crippen molar-refractivity contribution in [1.82, 2.24) is 5.32 Å². The van der Waals surface area contributed by atoms with Crippen molar-refractivity contribution in [1.29, 1.82) is 0 Å². The first-order valence-corrected chi connectivity index (χ1v) is 10.7. The Morgan fingerprint density at radius 3 is 2.74 bits per heavy atom. The van der Waals surface area contributed by atoms with Crippen LogP contribution in [0, 0.1) is 0 Å². The maximum absolute atomic E-state index is 11.8. The molecule has 0 atom stereocenters. The summed E-state index contributed by atoms with van der Waals surface area (Å²) in [6.07, 6.45) is 1.00. The molecule has 0 heterocycles. The first-order valence-electron chi connectivity index (χ1n) is 8.72. The lowest BCUT2D eigenvalue weighted by molar-refractivity contribution is 0.0526. The molecule has 0 aliphatic heterocycles. The number of hydrogen-bond acceptors (Lipinski definition) is 4. The fraction of sp³-hybridized carbons (Fsp3) is 0.300. The van der Waals surface area contributed by atoms with Gasteiger partial charge in [0.05, 0.1) is 12.2 Å². The molecule has 27 heavy (non-hydrogen) atoms. The third-order valence-electron chi connectivity index (χ3n) is 3.56. The predicted molar refractivity (Wildman–Crippen MR) is 119 cm³/mol. The Hall–Kier alpha value is -1.76. The maximum atomic E-state index is 11.8. The SMILES string of the molecule is CCOC(=O)c1cccc(NC(=S)NCCCSCc2ccc(Cl)cc2)c1. The van der Waals surface area contributed by atoms with Crippen LogP contribution in [0.4, 0.5) is 5.69 Å². The van der Waals surface area contributed by atoms with E-state index in [0.29, 0.717) is 17.3 Å². The van der Waals surface area contributed by atoms with E-state index in [1.807, 2.05) is 30.0 Å². The Labute approximate surface area is 175 Å². The van der Waals surface area contributed by atoms with Crippen molar-refractivity contribution in [3.05, 3.63) is 64.7 Å². The van der Waals surface area contributed by atoms with Crippen molar-refractivity contribution in [2.75, 3.05) is 24.2 Å². The molecule has 7 heteroatoms. The highest BCUT2D eigenvalue weighted by molar-refractivity contribution is 7.98. The van der Waals surface area contributed by atoms with Gasteiger partial charge in [0.25, 0.3) is 0 Å². The number of anilines is 1. The standard InChI is InChI=1S/C20H23ClN2O2S2/c1-2-25-19(24)16-5-3-6-18(13-16)23-20(26)22-11-4-12-27-14-15-7-9-17(21)10-8-15/h3,5-10,13H,2,4,11-12,14H2,1H3,(H2,22,23,26). The first-order chi connectivity index (χ1) is 13.1. The topological polar surface area (TPSA) is 50.4 Å². The Balaban J connectivity index is 1.64. The smallest absolute Gasteiger partial charge is 0.338 e. The maximum Gasteiger partial charge on any atom is 0.338 e. The number of benzene rings is 2. The Morgan fingerprint density at radius 1 is 1.22 bits per heavy atom. The normalized spacial score (nSPS) is 10.3. The molecule has 0 unspecified atom stereocenters. The average Bonchev–Trinajstić information content (AvgIpc) is 2.66. The summed E-state index contributed by atoms with van der Waals surface area (Å²) in [5.41, 5.74) is 2.54. The third-order valence-corrected chi connectivity index (χ3v) is 5.18. The van der Waals surface area contributed by atoms with Gasteiger partial charge in [-0.2, -0.15) is 11.8 Å². The van der Waals surface area contributed by atoms with Crippen LogP contribution in [0.3, 0.4) is 0 Å². The van der Waals surface area contributed by atoms with Gasteiger partial charge in [0.2, 0.25) is 0 Å². The van der Waals surface area contributed by atoms with E-state index in [1.54, 1.807) is 25.1 Å². The molecular weight excluding hydrogens is 400 g/mol. The molecule has 4 nitrogen and oxygen atoms in total. The van der Waals surface area contributed by atoms with Crippen LogP contribution in [0.15, 0.2) is 48.5 Å². The number of nitrogens with one attached hydrogen (secondary N) is 2. The van der Waals surface area contributed by atoms with Crippen LogP contribution >= 0.6 is 35.6 Å². The largest absolute Gasteiger partial charge is 0.462 e. The van der Waals surface area contributed by atoms with E-state index in [9.17, 15) is 4.79 Å². The van der Waals surface area contributed by atoms with Gasteiger partial charge in [-0.25, -0.2) is 4.79 Å². The second kappa shape index (κ2) is 11.8. The van der Waals surface area contributed by atoms with E-state index in [4.69, 9.17) is 28.6 Å². The fourth-order valence-electron chi connectivity index (χ4n) is 2.26. The molecule has 2 N–H and O–H groups in total. The quantitative estimate of drug-likeness (QED) is 0.332. The lowest BCUT2D eigenvalue weighted by Crippen LogP contribution is -2.29. The van der Waals surface area contributed by atoms with Gasteiger partial charge in [-0.3, -0.25) is 0 Å². The molecule has 0 aliphatic rings. The third kappa shape index (κ3) is 8.20. The summed E-state index contributed by atoms with van der Waals surface area (Å²) in [5, 5.41) is 7.59. The molecule has 0 aliphatic carbocycles. The number of thioether (sulfide) groups is 1. The molecule has 0 bridgehead atoms. The summed E-state index contributed by atoms with van der Waals surface area (Å²) in [4.78, 5) is 11.8. The van der Waals surface area contributed by atoms with E-state index < -0.39 is 0 Å². The van der Waals surface area contributed by atoms with Crippen molar-refractivity contribution in [3.8, 4) is 0 Å². The van der Waals surface area contributed by atoms with Crippen LogP contribution in [0.5, 0.6) is 0 Å². The molecule has 0 radical (unpaired) electrons. The molecule has 2 rings (SSSR count). The van der Waals surface area contributed by atoms with Gasteiger partial charge in [-0.15, -0.1) is 0 Å². The molecule has 0 fully saturated rings. The fourth-order valence-corrected chi connectivity index (χ4v) is 3.53. The molecular formula is C20H23ClN2O2S2. The van der Waals surface area contributed by atoms with Gasteiger partial charge >= 0.3 is 5.97 Å². The zero-order chi connectivity index (χ0) is 19.5. The van der Waals surface area contributed by atoms with Gasteiger partial charge in [0.1, 0.15) is 0 Å². The van der Waals surface area contributed by atoms with E-state index in [-0.39, 0.29) is 5.97 Å². The van der Waals surface area contributed by atoms with Crippen molar-refractivity contribution in [2.45, 2.75) is 19.1 Å². The minimum Gasteiger partial charge on any atom is -0.462 e. The van der Waals surface area contributed by atoms with Crippen LogP contribution < -0.4 is 10.6 Å². The number of ether oxygens (including phenoxy) is 1. The number of esters is 1. The predicted octanol–water partition coefficient (Wildman–Crippen LogP) is 5.13. The number of halogens is 1. The van der Waals surface area contributed by atoms with Crippen molar-refractivity contribution in [3.63, 3.8) is 0 Å². The minimum atomic E-state index is -0.335. The van der Waals surface area contributed by atoms with E-state index in [2.05, 4.69) is 22.8 Å². The van der Waals surface area contributed by atoms with Gasteiger partial charge in [-0.1, -0.05) is 29.8 Å². The molecule has 0 saturated heterocycles. The lowest BCUT2D eigenvalue weighted by Gasteiger charge is -2.11. The monoisotopic (exact) mass is 422 g/mol. The summed E-state index contributed by atoms with van der Waals surface area (Å²) in [7, 11) is 0. The minimum absolute atomic E-state index is 0.335. The zero-order valence-corrected chi connectivity index (χ0v) is 17.6. The second-order valence-electron chi connectivity index (χ2n) is 5.71. The van der Waals surface area contributed by atoms with E-state index >= 15 is 0 Å². The van der Waals surface area contributed by atoms with Gasteiger partial charge in [0, 0.05) is 23.0 Å². The number of carbonyl (C=O) groups is 1. The molecule has 0 saturated carbocycles. The Kier molecular flexibility index (Phi) is 9.45. The number of rotatable bonds is 9. The summed E-state index contributed by atoms with van der Waals surface area (Å²) in [6, 6.07) is 15.0. The number of carbonyl (C=O) groups excluding carboxylic acids is 1. The summed E-state index contributed by atoms with van der Waals surface area (Å²) in [6.45, 7) is 2.93. The summed E-state index contributed by atoms with van der Waals surface area (Å²) < 4.78 is 5.00. The van der Waals surface area contributed by atoms with Gasteiger partial charge in [-0.05, 0) is 67.2 Å². The lowest BCUT2D eigenvalue weighted by atomic mass is 10.2. The highest BCUT2D eigenvalue weighted by Gasteiger charge is 2.07. The molecule has 0 amide bonds. The summed E-state index contributed by atoms with van der Waals surface area (Å²) >= 11 is 13.1. The average molecular weight is 423 g/mol. The number of thiocarbonyl (C=S) groups is 1. The Bertz CT molecular complexity index is 754. The van der Waals surface area contributed by atoms with Crippen LogP contribution in [-0.4, -0.2) is 30.0 Å². The van der Waals surface area contributed by atoms with Gasteiger partial charge < -0.3 is 15.4 Å². The highest BCUT2D eigenvalue weighted by Crippen LogP contribution is 2.16. The summed E-state index contributed by atoms with van der Waals surface area (Å²) in [5.74, 6) is 1.68. The Morgan fingerprint density at radius 2 is 2.00 bits per heavy atom. The molecule has 2 aromatic carbocycles. The first kappa shape index (κ1) is 21.5. The van der Waals surface area contributed by atoms with Crippen LogP contribution in [0.2, 0.25) is 5.02 Å². The van der Waals surface area contributed by atoms with Crippen LogP contribution in [0.1, 0.15) is 29.3 Å². The van der Waals surface area contributed by atoms with Crippen molar-refractivity contribution >= 4 is 52.3 Å². The van der Waals surface area contributed by atoms with E-state index in [1.165, 1.54) is 5.56 Å². The molecule has 0 aromatic heterocycles. The second-order valence-corrected chi connectivity index (χ2v) is 7.66. The highest BCUT2D eigenvalue weighted by atomic mass is 35.5. The van der Waals surface area contributed by atoms with E-state index in [0.717, 1.165) is 35.2 Å². The van der Waals surface area contributed by atoms with Crippen molar-refractivity contribution < 1.29 is 9.53 Å². The van der Waals surface area contributed by atoms with Crippen molar-refractivity contribution in [2.24, 2.45) is 0 Å². The van der Waals surface area contributed by atoms with Crippen LogP contribution in [-0.2, 0) is 10.5 Å². The molecule has 0 spiro atoms. The molecule has 2 aromatic rings. The van der Waals surface area contributed by atoms with Gasteiger partial charge in [0.15, 0.2) is 5.11 Å². The zero-order valence-electron chi connectivity index (χ0n) is 15.2.